The highest BCUT2D eigenvalue weighted by molar-refractivity contribution is 6.30. The van der Waals surface area contributed by atoms with Crippen molar-refractivity contribution in [3.63, 3.8) is 0 Å². The summed E-state index contributed by atoms with van der Waals surface area (Å²) in [6.07, 6.45) is 0. The van der Waals surface area contributed by atoms with E-state index in [9.17, 15) is 4.39 Å². The average molecular weight is 299 g/mol. The molecule has 0 aliphatic rings. The monoisotopic (exact) mass is 298 g/mol. The van der Waals surface area contributed by atoms with Crippen LogP contribution in [0.15, 0.2) is 36.4 Å². The van der Waals surface area contributed by atoms with Gasteiger partial charge in [-0.1, -0.05) is 29.8 Å². The SMILES string of the molecule is COc1ccc(C(Cl)c2ccc(Cl)c(F)c2)cc1C. The molecule has 0 heterocycles. The number of methoxy groups -OCH3 is 1. The Morgan fingerprint density at radius 3 is 2.32 bits per heavy atom. The number of alkyl halides is 1. The van der Waals surface area contributed by atoms with Gasteiger partial charge in [-0.25, -0.2) is 4.39 Å². The smallest absolute Gasteiger partial charge is 0.142 e. The summed E-state index contributed by atoms with van der Waals surface area (Å²) in [5.41, 5.74) is 2.55. The maximum atomic E-state index is 13.4. The number of hydrogen-bond acceptors (Lipinski definition) is 1. The van der Waals surface area contributed by atoms with Gasteiger partial charge < -0.3 is 4.74 Å². The fourth-order valence-electron chi connectivity index (χ4n) is 1.92. The lowest BCUT2D eigenvalue weighted by Crippen LogP contribution is -1.96. The van der Waals surface area contributed by atoms with E-state index in [1.54, 1.807) is 13.2 Å². The molecule has 2 aromatic carbocycles. The third kappa shape index (κ3) is 3.02. The highest BCUT2D eigenvalue weighted by atomic mass is 35.5. The molecule has 0 aliphatic heterocycles. The van der Waals surface area contributed by atoms with Crippen LogP contribution in [0.2, 0.25) is 5.02 Å². The zero-order valence-electron chi connectivity index (χ0n) is 10.6. The van der Waals surface area contributed by atoms with Gasteiger partial charge in [0.2, 0.25) is 0 Å². The Labute approximate surface area is 121 Å². The summed E-state index contributed by atoms with van der Waals surface area (Å²) in [6.45, 7) is 1.94. The minimum atomic E-state index is -0.463. The van der Waals surface area contributed by atoms with Crippen LogP contribution in [0.5, 0.6) is 5.75 Å². The third-order valence-corrected chi connectivity index (χ3v) is 3.76. The van der Waals surface area contributed by atoms with Crippen LogP contribution in [-0.2, 0) is 0 Å². The molecule has 1 atom stereocenters. The molecule has 0 spiro atoms. The van der Waals surface area contributed by atoms with Crippen molar-refractivity contribution in [3.05, 3.63) is 63.9 Å². The molecule has 0 saturated heterocycles. The standard InChI is InChI=1S/C15H13Cl2FO/c1-9-7-10(4-6-14(9)19-2)15(17)11-3-5-12(16)13(18)8-11/h3-8,15H,1-2H3. The van der Waals surface area contributed by atoms with Crippen LogP contribution in [0.4, 0.5) is 4.39 Å². The largest absolute Gasteiger partial charge is 0.496 e. The van der Waals surface area contributed by atoms with Crippen molar-refractivity contribution in [2.45, 2.75) is 12.3 Å². The first kappa shape index (κ1) is 14.2. The number of benzene rings is 2. The summed E-state index contributed by atoms with van der Waals surface area (Å²) in [4.78, 5) is 0. The van der Waals surface area contributed by atoms with E-state index >= 15 is 0 Å². The second-order valence-corrected chi connectivity index (χ2v) is 5.11. The number of halogens is 3. The number of ether oxygens (including phenoxy) is 1. The van der Waals surface area contributed by atoms with Gasteiger partial charge in [0.25, 0.3) is 0 Å². The molecule has 0 fully saturated rings. The fourth-order valence-corrected chi connectivity index (χ4v) is 2.31. The molecule has 1 unspecified atom stereocenters. The van der Waals surface area contributed by atoms with Gasteiger partial charge >= 0.3 is 0 Å². The quantitative estimate of drug-likeness (QED) is 0.714. The molecule has 0 saturated carbocycles. The first-order valence-electron chi connectivity index (χ1n) is 5.76. The van der Waals surface area contributed by atoms with Gasteiger partial charge in [0.05, 0.1) is 17.5 Å². The topological polar surface area (TPSA) is 9.23 Å². The van der Waals surface area contributed by atoms with Gasteiger partial charge in [0.1, 0.15) is 11.6 Å². The summed E-state index contributed by atoms with van der Waals surface area (Å²) >= 11 is 12.0. The van der Waals surface area contributed by atoms with Crippen molar-refractivity contribution in [1.82, 2.24) is 0 Å². The predicted molar refractivity (Wildman–Crippen MR) is 76.8 cm³/mol. The lowest BCUT2D eigenvalue weighted by Gasteiger charge is -2.13. The molecule has 0 N–H and O–H groups in total. The highest BCUT2D eigenvalue weighted by Crippen LogP contribution is 2.32. The third-order valence-electron chi connectivity index (χ3n) is 2.95. The molecule has 0 radical (unpaired) electrons. The van der Waals surface area contributed by atoms with Crippen molar-refractivity contribution < 1.29 is 9.13 Å². The van der Waals surface area contributed by atoms with Gasteiger partial charge in [-0.05, 0) is 41.8 Å². The molecule has 2 rings (SSSR count). The number of aryl methyl sites for hydroxylation is 1. The van der Waals surface area contributed by atoms with Crippen LogP contribution in [-0.4, -0.2) is 7.11 Å². The lowest BCUT2D eigenvalue weighted by molar-refractivity contribution is 0.411. The minimum Gasteiger partial charge on any atom is -0.496 e. The zero-order valence-corrected chi connectivity index (χ0v) is 12.1. The van der Waals surface area contributed by atoms with Crippen molar-refractivity contribution in [2.24, 2.45) is 0 Å². The van der Waals surface area contributed by atoms with E-state index in [0.717, 1.165) is 16.9 Å². The summed E-state index contributed by atoms with van der Waals surface area (Å²) in [7, 11) is 1.62. The molecular formula is C15H13Cl2FO. The maximum absolute atomic E-state index is 13.4. The van der Waals surface area contributed by atoms with Crippen LogP contribution >= 0.6 is 23.2 Å². The van der Waals surface area contributed by atoms with Gasteiger partial charge in [0.15, 0.2) is 0 Å². The molecule has 0 amide bonds. The molecule has 0 bridgehead atoms. The van der Waals surface area contributed by atoms with E-state index in [1.165, 1.54) is 12.1 Å². The average Bonchev–Trinajstić information content (AvgIpc) is 2.41. The Hall–Kier alpha value is -1.25. The Kier molecular flexibility index (Phi) is 4.33. The van der Waals surface area contributed by atoms with E-state index in [-0.39, 0.29) is 5.02 Å². The molecule has 0 aromatic heterocycles. The second kappa shape index (κ2) is 5.81. The van der Waals surface area contributed by atoms with Crippen molar-refractivity contribution in [1.29, 1.82) is 0 Å². The van der Waals surface area contributed by atoms with Crippen LogP contribution in [0.3, 0.4) is 0 Å². The molecule has 100 valence electrons. The van der Waals surface area contributed by atoms with Crippen molar-refractivity contribution >= 4 is 23.2 Å². The van der Waals surface area contributed by atoms with Crippen molar-refractivity contribution in [2.75, 3.05) is 7.11 Å². The highest BCUT2D eigenvalue weighted by Gasteiger charge is 2.14. The van der Waals surface area contributed by atoms with E-state index in [4.69, 9.17) is 27.9 Å². The Morgan fingerprint density at radius 2 is 1.74 bits per heavy atom. The summed E-state index contributed by atoms with van der Waals surface area (Å²) < 4.78 is 18.6. The van der Waals surface area contributed by atoms with E-state index in [0.29, 0.717) is 5.56 Å². The summed E-state index contributed by atoms with van der Waals surface area (Å²) in [5, 5.41) is -0.324. The molecule has 0 aliphatic carbocycles. The molecule has 4 heteroatoms. The van der Waals surface area contributed by atoms with E-state index < -0.39 is 11.2 Å². The second-order valence-electron chi connectivity index (χ2n) is 4.27. The summed E-state index contributed by atoms with van der Waals surface area (Å²) in [5.74, 6) is 0.338. The molecule has 1 nitrogen and oxygen atoms in total. The molecular weight excluding hydrogens is 286 g/mol. The van der Waals surface area contributed by atoms with Gasteiger partial charge in [-0.15, -0.1) is 11.6 Å². The van der Waals surface area contributed by atoms with Crippen molar-refractivity contribution in [3.8, 4) is 5.75 Å². The first-order valence-corrected chi connectivity index (χ1v) is 6.58. The first-order chi connectivity index (χ1) is 9.02. The van der Waals surface area contributed by atoms with Crippen LogP contribution in [0.1, 0.15) is 22.1 Å². The normalized spacial score (nSPS) is 12.3. The fraction of sp³-hybridized carbons (Fsp3) is 0.200. The predicted octanol–water partition coefficient (Wildman–Crippen LogP) is 5.12. The van der Waals surface area contributed by atoms with E-state index in [2.05, 4.69) is 0 Å². The number of rotatable bonds is 3. The van der Waals surface area contributed by atoms with Gasteiger partial charge in [-0.3, -0.25) is 0 Å². The Bertz CT molecular complexity index is 599. The minimum absolute atomic E-state index is 0.0959. The van der Waals surface area contributed by atoms with Gasteiger partial charge in [-0.2, -0.15) is 0 Å². The number of hydrogen-bond donors (Lipinski definition) is 0. The Balaban J connectivity index is 2.35. The van der Waals surface area contributed by atoms with Crippen LogP contribution < -0.4 is 4.74 Å². The maximum Gasteiger partial charge on any atom is 0.142 e. The zero-order chi connectivity index (χ0) is 14.0. The van der Waals surface area contributed by atoms with Crippen LogP contribution in [0.25, 0.3) is 0 Å². The van der Waals surface area contributed by atoms with E-state index in [1.807, 2.05) is 25.1 Å². The van der Waals surface area contributed by atoms with Crippen LogP contribution in [0, 0.1) is 12.7 Å². The molecule has 2 aromatic rings. The Morgan fingerprint density at radius 1 is 1.11 bits per heavy atom. The van der Waals surface area contributed by atoms with Gasteiger partial charge in [0, 0.05) is 0 Å². The summed E-state index contributed by atoms with van der Waals surface area (Å²) in [6, 6.07) is 10.3. The molecule has 19 heavy (non-hydrogen) atoms. The lowest BCUT2D eigenvalue weighted by atomic mass is 10.0.